The molecular weight excluding hydrogens is 259 g/mol. The van der Waals surface area contributed by atoms with Gasteiger partial charge in [0.25, 0.3) is 0 Å². The highest BCUT2D eigenvalue weighted by molar-refractivity contribution is 7.99. The van der Waals surface area contributed by atoms with Crippen LogP contribution in [0.4, 0.5) is 4.39 Å². The molecule has 1 saturated heterocycles. The highest BCUT2D eigenvalue weighted by Crippen LogP contribution is 2.37. The van der Waals surface area contributed by atoms with Gasteiger partial charge in [-0.15, -0.1) is 11.8 Å². The minimum Gasteiger partial charge on any atom is -0.307 e. The summed E-state index contributed by atoms with van der Waals surface area (Å²) in [7, 11) is 2.18. The molecule has 0 aliphatic carbocycles. The quantitative estimate of drug-likeness (QED) is 0.896. The number of rotatable bonds is 2. The van der Waals surface area contributed by atoms with Crippen LogP contribution < -0.4 is 5.32 Å². The van der Waals surface area contributed by atoms with Gasteiger partial charge in [0, 0.05) is 17.0 Å². The second-order valence-corrected chi connectivity index (χ2v) is 6.75. The van der Waals surface area contributed by atoms with E-state index in [1.807, 2.05) is 17.8 Å². The van der Waals surface area contributed by atoms with Crippen molar-refractivity contribution < 1.29 is 4.39 Å². The minimum atomic E-state index is -0.114. The molecule has 0 saturated carbocycles. The molecule has 19 heavy (non-hydrogen) atoms. The summed E-state index contributed by atoms with van der Waals surface area (Å²) in [6.45, 7) is 2.32. The topological polar surface area (TPSA) is 15.3 Å². The summed E-state index contributed by atoms with van der Waals surface area (Å²) in [6.07, 6.45) is 3.50. The van der Waals surface area contributed by atoms with E-state index in [9.17, 15) is 4.39 Å². The Balaban J connectivity index is 1.71. The maximum Gasteiger partial charge on any atom is 0.123 e. The predicted molar refractivity (Wildman–Crippen MR) is 78.1 cm³/mol. The lowest BCUT2D eigenvalue weighted by molar-refractivity contribution is 0.223. The van der Waals surface area contributed by atoms with E-state index in [-0.39, 0.29) is 5.82 Å². The Hall–Kier alpha value is -0.580. The van der Waals surface area contributed by atoms with Gasteiger partial charge in [0.15, 0.2) is 0 Å². The average molecular weight is 280 g/mol. The molecule has 2 heterocycles. The lowest BCUT2D eigenvalue weighted by atomic mass is 9.99. The Bertz CT molecular complexity index is 444. The number of hydrogen-bond donors (Lipinski definition) is 1. The Morgan fingerprint density at radius 3 is 2.84 bits per heavy atom. The molecule has 3 rings (SSSR count). The maximum atomic E-state index is 13.5. The van der Waals surface area contributed by atoms with Crippen molar-refractivity contribution in [2.24, 2.45) is 0 Å². The molecule has 0 aromatic heterocycles. The number of fused-ring (bicyclic) bond motifs is 1. The van der Waals surface area contributed by atoms with Gasteiger partial charge in [-0.2, -0.15) is 0 Å². The van der Waals surface area contributed by atoms with E-state index in [1.165, 1.54) is 17.7 Å². The molecule has 0 amide bonds. The van der Waals surface area contributed by atoms with E-state index in [0.29, 0.717) is 12.1 Å². The summed E-state index contributed by atoms with van der Waals surface area (Å²) < 4.78 is 13.5. The van der Waals surface area contributed by atoms with Crippen LogP contribution in [0.5, 0.6) is 0 Å². The first-order valence-electron chi connectivity index (χ1n) is 7.09. The monoisotopic (exact) mass is 280 g/mol. The molecule has 0 radical (unpaired) electrons. The molecule has 1 unspecified atom stereocenters. The zero-order valence-corrected chi connectivity index (χ0v) is 12.2. The second kappa shape index (κ2) is 5.81. The molecule has 2 aliphatic heterocycles. The highest BCUT2D eigenvalue weighted by atomic mass is 32.2. The summed E-state index contributed by atoms with van der Waals surface area (Å²) in [6, 6.07) is 6.14. The minimum absolute atomic E-state index is 0.114. The van der Waals surface area contributed by atoms with Gasteiger partial charge in [0.05, 0.1) is 0 Å². The van der Waals surface area contributed by atoms with E-state index in [1.54, 1.807) is 12.1 Å². The van der Waals surface area contributed by atoms with E-state index in [2.05, 4.69) is 17.3 Å². The van der Waals surface area contributed by atoms with Crippen LogP contribution >= 0.6 is 11.8 Å². The normalized spacial score (nSPS) is 25.3. The average Bonchev–Trinajstić information content (AvgIpc) is 2.42. The zero-order valence-electron chi connectivity index (χ0n) is 11.4. The third-order valence-electron chi connectivity index (χ3n) is 4.17. The Labute approximate surface area is 118 Å². The smallest absolute Gasteiger partial charge is 0.123 e. The Kier molecular flexibility index (Phi) is 4.10. The van der Waals surface area contributed by atoms with Crippen molar-refractivity contribution in [1.82, 2.24) is 10.2 Å². The van der Waals surface area contributed by atoms with Gasteiger partial charge in [-0.25, -0.2) is 4.39 Å². The molecule has 1 atom stereocenters. The molecule has 4 heteroatoms. The van der Waals surface area contributed by atoms with Crippen molar-refractivity contribution >= 4 is 11.8 Å². The molecule has 0 spiro atoms. The first-order valence-corrected chi connectivity index (χ1v) is 8.08. The van der Waals surface area contributed by atoms with Crippen LogP contribution in [0.15, 0.2) is 23.1 Å². The molecule has 0 bridgehead atoms. The number of hydrogen-bond acceptors (Lipinski definition) is 3. The van der Waals surface area contributed by atoms with Gasteiger partial charge in [-0.1, -0.05) is 0 Å². The fourth-order valence-corrected chi connectivity index (χ4v) is 4.10. The third kappa shape index (κ3) is 3.12. The van der Waals surface area contributed by atoms with E-state index >= 15 is 0 Å². The van der Waals surface area contributed by atoms with Crippen LogP contribution in [0.3, 0.4) is 0 Å². The number of thioether (sulfide) groups is 1. The first kappa shape index (κ1) is 13.4. The zero-order chi connectivity index (χ0) is 13.2. The third-order valence-corrected chi connectivity index (χ3v) is 5.29. The van der Waals surface area contributed by atoms with Gasteiger partial charge in [0.1, 0.15) is 5.82 Å². The van der Waals surface area contributed by atoms with Crippen molar-refractivity contribution in [3.05, 3.63) is 29.6 Å². The second-order valence-electron chi connectivity index (χ2n) is 5.62. The van der Waals surface area contributed by atoms with Gasteiger partial charge < -0.3 is 10.2 Å². The molecule has 1 fully saturated rings. The van der Waals surface area contributed by atoms with Crippen LogP contribution in [-0.4, -0.2) is 36.8 Å². The number of nitrogens with one attached hydrogen (secondary N) is 1. The number of halogens is 1. The number of nitrogens with zero attached hydrogens (tertiary/aromatic N) is 1. The fraction of sp³-hybridized carbons (Fsp3) is 0.600. The van der Waals surface area contributed by atoms with Gasteiger partial charge >= 0.3 is 0 Å². The van der Waals surface area contributed by atoms with Gasteiger partial charge in [-0.3, -0.25) is 0 Å². The lowest BCUT2D eigenvalue weighted by Gasteiger charge is -2.34. The molecule has 2 aliphatic rings. The predicted octanol–water partition coefficient (Wildman–Crippen LogP) is 3.05. The molecule has 1 aromatic rings. The Morgan fingerprint density at radius 1 is 1.26 bits per heavy atom. The number of piperidine rings is 1. The van der Waals surface area contributed by atoms with Crippen LogP contribution in [0.2, 0.25) is 0 Å². The SMILES string of the molecule is CN1CCC(NC2CCSc3ccc(F)cc32)CC1. The first-order chi connectivity index (χ1) is 9.22. The van der Waals surface area contributed by atoms with Crippen LogP contribution in [0.1, 0.15) is 30.9 Å². The van der Waals surface area contributed by atoms with E-state index in [4.69, 9.17) is 0 Å². The van der Waals surface area contributed by atoms with Crippen molar-refractivity contribution in [2.75, 3.05) is 25.9 Å². The maximum absolute atomic E-state index is 13.5. The molecular formula is C15H21FN2S. The van der Waals surface area contributed by atoms with Crippen molar-refractivity contribution in [1.29, 1.82) is 0 Å². The standard InChI is InChI=1S/C15H21FN2S/c1-18-7-4-12(5-8-18)17-14-6-9-19-15-3-2-11(16)10-13(14)15/h2-3,10,12,14,17H,4-9H2,1H3. The number of likely N-dealkylation sites (tertiary alicyclic amines) is 1. The molecule has 104 valence electrons. The largest absolute Gasteiger partial charge is 0.307 e. The summed E-state index contributed by atoms with van der Waals surface area (Å²) in [5.41, 5.74) is 1.16. The van der Waals surface area contributed by atoms with E-state index in [0.717, 1.165) is 30.8 Å². The van der Waals surface area contributed by atoms with Crippen molar-refractivity contribution in [3.63, 3.8) is 0 Å². The lowest BCUT2D eigenvalue weighted by Crippen LogP contribution is -2.42. The van der Waals surface area contributed by atoms with E-state index < -0.39 is 0 Å². The Morgan fingerprint density at radius 2 is 2.05 bits per heavy atom. The fourth-order valence-electron chi connectivity index (χ4n) is 3.00. The summed E-state index contributed by atoms with van der Waals surface area (Å²) in [5.74, 6) is 1.01. The van der Waals surface area contributed by atoms with Crippen LogP contribution in [-0.2, 0) is 0 Å². The summed E-state index contributed by atoms with van der Waals surface area (Å²) in [5, 5.41) is 3.76. The van der Waals surface area contributed by atoms with Crippen LogP contribution in [0, 0.1) is 5.82 Å². The summed E-state index contributed by atoms with van der Waals surface area (Å²) >= 11 is 1.85. The van der Waals surface area contributed by atoms with Crippen molar-refractivity contribution in [2.45, 2.75) is 36.2 Å². The van der Waals surface area contributed by atoms with Crippen molar-refractivity contribution in [3.8, 4) is 0 Å². The van der Waals surface area contributed by atoms with Gasteiger partial charge in [0.2, 0.25) is 0 Å². The summed E-state index contributed by atoms with van der Waals surface area (Å²) in [4.78, 5) is 3.63. The highest BCUT2D eigenvalue weighted by Gasteiger charge is 2.25. The molecule has 1 N–H and O–H groups in total. The van der Waals surface area contributed by atoms with Gasteiger partial charge in [-0.05, 0) is 68.9 Å². The number of benzene rings is 1. The molecule has 1 aromatic carbocycles. The van der Waals surface area contributed by atoms with Crippen LogP contribution in [0.25, 0.3) is 0 Å². The molecule has 2 nitrogen and oxygen atoms in total.